The Morgan fingerprint density at radius 3 is 2.89 bits per heavy atom. The van der Waals surface area contributed by atoms with Crippen LogP contribution in [0.25, 0.3) is 11.0 Å². The average molecular weight is 278 g/mol. The molecule has 2 aromatic rings. The van der Waals surface area contributed by atoms with Crippen molar-refractivity contribution in [3.8, 4) is 0 Å². The summed E-state index contributed by atoms with van der Waals surface area (Å²) >= 11 is 6.33. The first kappa shape index (κ1) is 12.9. The van der Waals surface area contributed by atoms with Crippen LogP contribution < -0.4 is 5.32 Å². The van der Waals surface area contributed by atoms with Gasteiger partial charge in [0.15, 0.2) is 0 Å². The van der Waals surface area contributed by atoms with Crippen LogP contribution in [-0.2, 0) is 13.0 Å². The lowest BCUT2D eigenvalue weighted by atomic mass is 9.94. The number of nitrogens with zero attached hydrogens (tertiary/aromatic N) is 2. The monoisotopic (exact) mass is 277 g/mol. The third-order valence-electron chi connectivity index (χ3n) is 4.04. The number of aromatic nitrogens is 2. The van der Waals surface area contributed by atoms with Gasteiger partial charge >= 0.3 is 0 Å². The summed E-state index contributed by atoms with van der Waals surface area (Å²) in [5.41, 5.74) is 2.12. The lowest BCUT2D eigenvalue weighted by Gasteiger charge is -2.22. The number of rotatable bonds is 3. The van der Waals surface area contributed by atoms with E-state index in [0.29, 0.717) is 0 Å². The smallest absolute Gasteiger partial charge is 0.110 e. The zero-order valence-electron chi connectivity index (χ0n) is 11.3. The molecule has 0 amide bonds. The molecule has 3 rings (SSSR count). The number of piperidine rings is 1. The molecule has 19 heavy (non-hydrogen) atoms. The van der Waals surface area contributed by atoms with Gasteiger partial charge in [-0.3, -0.25) is 0 Å². The Bertz CT molecular complexity index is 570. The zero-order valence-corrected chi connectivity index (χ0v) is 12.1. The van der Waals surface area contributed by atoms with Gasteiger partial charge in [0, 0.05) is 13.0 Å². The fourth-order valence-corrected chi connectivity index (χ4v) is 3.30. The van der Waals surface area contributed by atoms with Gasteiger partial charge < -0.3 is 9.88 Å². The van der Waals surface area contributed by atoms with Crippen LogP contribution in [0, 0.1) is 5.92 Å². The molecule has 0 unspecified atom stereocenters. The largest absolute Gasteiger partial charge is 0.327 e. The molecule has 4 heteroatoms. The van der Waals surface area contributed by atoms with Gasteiger partial charge in [-0.15, -0.1) is 0 Å². The van der Waals surface area contributed by atoms with Gasteiger partial charge in [0.05, 0.1) is 16.1 Å². The van der Waals surface area contributed by atoms with E-state index in [4.69, 9.17) is 16.6 Å². The highest BCUT2D eigenvalue weighted by Crippen LogP contribution is 2.27. The van der Waals surface area contributed by atoms with Crippen LogP contribution in [0.15, 0.2) is 18.2 Å². The number of benzene rings is 1. The Kier molecular flexibility index (Phi) is 3.76. The highest BCUT2D eigenvalue weighted by atomic mass is 35.5. The highest BCUT2D eigenvalue weighted by molar-refractivity contribution is 6.35. The zero-order chi connectivity index (χ0) is 13.2. The van der Waals surface area contributed by atoms with Gasteiger partial charge in [0.1, 0.15) is 5.82 Å². The lowest BCUT2D eigenvalue weighted by molar-refractivity contribution is 0.364. The van der Waals surface area contributed by atoms with Crippen molar-refractivity contribution in [1.29, 1.82) is 0 Å². The number of aryl methyl sites for hydroxylation is 1. The predicted molar refractivity (Wildman–Crippen MR) is 79.7 cm³/mol. The van der Waals surface area contributed by atoms with Crippen LogP contribution in [-0.4, -0.2) is 22.6 Å². The molecule has 1 aliphatic heterocycles. The molecular formula is C15H20ClN3. The Morgan fingerprint density at radius 1 is 1.37 bits per heavy atom. The van der Waals surface area contributed by atoms with E-state index in [9.17, 15) is 0 Å². The lowest BCUT2D eigenvalue weighted by Crippen LogP contribution is -2.29. The molecule has 2 heterocycles. The van der Waals surface area contributed by atoms with E-state index in [-0.39, 0.29) is 0 Å². The molecule has 0 spiro atoms. The van der Waals surface area contributed by atoms with E-state index in [0.717, 1.165) is 48.0 Å². The van der Waals surface area contributed by atoms with E-state index in [1.165, 1.54) is 18.7 Å². The molecule has 0 atom stereocenters. The number of fused-ring (bicyclic) bond motifs is 1. The molecule has 1 aliphatic rings. The van der Waals surface area contributed by atoms with Crippen molar-refractivity contribution in [2.45, 2.75) is 32.7 Å². The minimum absolute atomic E-state index is 0.752. The SMILES string of the molecule is CCn1c(CC2CCNCC2)nc2cccc(Cl)c21. The minimum atomic E-state index is 0.752. The van der Waals surface area contributed by atoms with Crippen molar-refractivity contribution in [2.75, 3.05) is 13.1 Å². The van der Waals surface area contributed by atoms with E-state index < -0.39 is 0 Å². The molecule has 0 bridgehead atoms. The molecule has 1 N–H and O–H groups in total. The molecule has 3 nitrogen and oxygen atoms in total. The second-order valence-electron chi connectivity index (χ2n) is 5.28. The molecular weight excluding hydrogens is 258 g/mol. The summed E-state index contributed by atoms with van der Waals surface area (Å²) in [5.74, 6) is 1.94. The maximum absolute atomic E-state index is 6.33. The summed E-state index contributed by atoms with van der Waals surface area (Å²) in [6, 6.07) is 5.98. The fourth-order valence-electron chi connectivity index (χ4n) is 3.03. The molecule has 0 radical (unpaired) electrons. The van der Waals surface area contributed by atoms with Gasteiger partial charge in [-0.25, -0.2) is 4.98 Å². The highest BCUT2D eigenvalue weighted by Gasteiger charge is 2.18. The normalized spacial score (nSPS) is 17.2. The fraction of sp³-hybridized carbons (Fsp3) is 0.533. The minimum Gasteiger partial charge on any atom is -0.327 e. The Balaban J connectivity index is 1.96. The summed E-state index contributed by atoms with van der Waals surface area (Å²) in [7, 11) is 0. The maximum atomic E-state index is 6.33. The van der Waals surface area contributed by atoms with Gasteiger partial charge in [-0.2, -0.15) is 0 Å². The van der Waals surface area contributed by atoms with Crippen molar-refractivity contribution >= 4 is 22.6 Å². The van der Waals surface area contributed by atoms with Crippen molar-refractivity contribution in [1.82, 2.24) is 14.9 Å². The second kappa shape index (κ2) is 5.51. The van der Waals surface area contributed by atoms with Crippen molar-refractivity contribution in [3.63, 3.8) is 0 Å². The quantitative estimate of drug-likeness (QED) is 0.933. The maximum Gasteiger partial charge on any atom is 0.110 e. The van der Waals surface area contributed by atoms with Gasteiger partial charge in [0.2, 0.25) is 0 Å². The Hall–Kier alpha value is -1.06. The molecule has 1 saturated heterocycles. The van der Waals surface area contributed by atoms with Crippen molar-refractivity contribution < 1.29 is 0 Å². The second-order valence-corrected chi connectivity index (χ2v) is 5.68. The molecule has 0 aliphatic carbocycles. The van der Waals surface area contributed by atoms with Gasteiger partial charge in [-0.1, -0.05) is 17.7 Å². The van der Waals surface area contributed by atoms with E-state index in [1.54, 1.807) is 0 Å². The van der Waals surface area contributed by atoms with Crippen LogP contribution >= 0.6 is 11.6 Å². The van der Waals surface area contributed by atoms with Crippen LogP contribution in [0.2, 0.25) is 5.02 Å². The predicted octanol–water partition coefficient (Wildman–Crippen LogP) is 3.25. The summed E-state index contributed by atoms with van der Waals surface area (Å²) in [6.45, 7) is 5.37. The van der Waals surface area contributed by atoms with Crippen molar-refractivity contribution in [2.24, 2.45) is 5.92 Å². The third kappa shape index (κ3) is 2.49. The first-order chi connectivity index (χ1) is 9.29. The van der Waals surface area contributed by atoms with Gasteiger partial charge in [-0.05, 0) is 50.9 Å². The molecule has 1 aromatic heterocycles. The number of nitrogens with one attached hydrogen (secondary N) is 1. The summed E-state index contributed by atoms with van der Waals surface area (Å²) in [4.78, 5) is 4.80. The van der Waals surface area contributed by atoms with E-state index in [1.807, 2.05) is 12.1 Å². The van der Waals surface area contributed by atoms with Gasteiger partial charge in [0.25, 0.3) is 0 Å². The summed E-state index contributed by atoms with van der Waals surface area (Å²) in [6.07, 6.45) is 3.57. The number of halogens is 1. The Morgan fingerprint density at radius 2 is 2.16 bits per heavy atom. The summed E-state index contributed by atoms with van der Waals surface area (Å²) in [5, 5.41) is 4.23. The molecule has 1 aromatic carbocycles. The third-order valence-corrected chi connectivity index (χ3v) is 4.35. The van der Waals surface area contributed by atoms with Crippen LogP contribution in [0.5, 0.6) is 0 Å². The van der Waals surface area contributed by atoms with Crippen molar-refractivity contribution in [3.05, 3.63) is 29.0 Å². The topological polar surface area (TPSA) is 29.9 Å². The number of para-hydroxylation sites is 1. The van der Waals surface area contributed by atoms with Crippen LogP contribution in [0.4, 0.5) is 0 Å². The molecule has 102 valence electrons. The number of hydrogen-bond donors (Lipinski definition) is 1. The first-order valence-corrected chi connectivity index (χ1v) is 7.51. The van der Waals surface area contributed by atoms with E-state index in [2.05, 4.69) is 22.9 Å². The molecule has 0 saturated carbocycles. The first-order valence-electron chi connectivity index (χ1n) is 7.14. The summed E-state index contributed by atoms with van der Waals surface area (Å²) < 4.78 is 2.28. The van der Waals surface area contributed by atoms with E-state index >= 15 is 0 Å². The Labute approximate surface area is 119 Å². The standard InChI is InChI=1S/C15H20ClN3/c1-2-19-14(10-11-6-8-17-9-7-11)18-13-5-3-4-12(16)15(13)19/h3-5,11,17H,2,6-10H2,1H3. The van der Waals surface area contributed by atoms with Crippen LogP contribution in [0.1, 0.15) is 25.6 Å². The molecule has 1 fully saturated rings. The van der Waals surface area contributed by atoms with Crippen LogP contribution in [0.3, 0.4) is 0 Å². The number of hydrogen-bond acceptors (Lipinski definition) is 2. The average Bonchev–Trinajstić information content (AvgIpc) is 2.78. The number of imidazole rings is 1.